The quantitative estimate of drug-likeness (QED) is 0.789. The molecule has 0 radical (unpaired) electrons. The number of hydrogen-bond acceptors (Lipinski definition) is 5. The van der Waals surface area contributed by atoms with E-state index in [0.29, 0.717) is 11.0 Å². The smallest absolute Gasteiger partial charge is 0.399 e. The minimum Gasteiger partial charge on any atom is -0.399 e. The Morgan fingerprint density at radius 2 is 1.76 bits per heavy atom. The molecule has 0 aromatic carbocycles. The second-order valence-electron chi connectivity index (χ2n) is 6.01. The third-order valence-electron chi connectivity index (χ3n) is 3.96. The van der Waals surface area contributed by atoms with Crippen LogP contribution in [0.25, 0.3) is 5.82 Å². The highest BCUT2D eigenvalue weighted by atomic mass is 35.5. The molecule has 2 aromatic heterocycles. The Morgan fingerprint density at radius 1 is 1.10 bits per heavy atom. The van der Waals surface area contributed by atoms with Crippen molar-refractivity contribution >= 4 is 24.2 Å². The molecule has 0 unspecified atom stereocenters. The van der Waals surface area contributed by atoms with Crippen molar-refractivity contribution in [2.75, 3.05) is 0 Å². The molecule has 1 aliphatic heterocycles. The Labute approximate surface area is 128 Å². The van der Waals surface area contributed by atoms with Gasteiger partial charge in [0, 0.05) is 17.9 Å². The SMILES string of the molecule is CC1(C)OB(c2cnn(-c3cncc(Cl)n3)c2)OC1(C)C. The summed E-state index contributed by atoms with van der Waals surface area (Å²) >= 11 is 5.84. The van der Waals surface area contributed by atoms with Crippen LogP contribution in [0.3, 0.4) is 0 Å². The molecule has 0 bridgehead atoms. The largest absolute Gasteiger partial charge is 0.498 e. The van der Waals surface area contributed by atoms with Gasteiger partial charge in [-0.2, -0.15) is 5.10 Å². The van der Waals surface area contributed by atoms with Crippen LogP contribution in [0.5, 0.6) is 0 Å². The summed E-state index contributed by atoms with van der Waals surface area (Å²) in [4.78, 5) is 8.16. The van der Waals surface area contributed by atoms with Crippen molar-refractivity contribution in [2.45, 2.75) is 38.9 Å². The van der Waals surface area contributed by atoms with Gasteiger partial charge in [0.15, 0.2) is 5.82 Å². The molecule has 0 N–H and O–H groups in total. The summed E-state index contributed by atoms with van der Waals surface area (Å²) in [6.45, 7) is 8.06. The zero-order valence-electron chi connectivity index (χ0n) is 12.4. The third kappa shape index (κ3) is 2.56. The summed E-state index contributed by atoms with van der Waals surface area (Å²) in [5.41, 5.74) is 0.0704. The van der Waals surface area contributed by atoms with Crippen LogP contribution in [-0.4, -0.2) is 38.1 Å². The Hall–Kier alpha value is -1.44. The summed E-state index contributed by atoms with van der Waals surface area (Å²) in [6.07, 6.45) is 6.57. The fraction of sp³-hybridized carbons (Fsp3) is 0.462. The van der Waals surface area contributed by atoms with Gasteiger partial charge in [0.1, 0.15) is 5.15 Å². The molecule has 0 aliphatic carbocycles. The molecular formula is C13H16BClN4O2. The van der Waals surface area contributed by atoms with E-state index >= 15 is 0 Å². The van der Waals surface area contributed by atoms with Crippen molar-refractivity contribution in [3.05, 3.63) is 29.9 Å². The number of aromatic nitrogens is 4. The summed E-state index contributed by atoms with van der Waals surface area (Å²) in [5, 5.41) is 4.58. The molecule has 8 heteroatoms. The normalized spacial score (nSPS) is 20.0. The first-order valence-corrected chi connectivity index (χ1v) is 7.04. The molecule has 3 rings (SSSR count). The third-order valence-corrected chi connectivity index (χ3v) is 4.14. The lowest BCUT2D eigenvalue weighted by Gasteiger charge is -2.32. The van der Waals surface area contributed by atoms with Crippen molar-refractivity contribution in [3.8, 4) is 5.82 Å². The predicted molar refractivity (Wildman–Crippen MR) is 79.9 cm³/mol. The van der Waals surface area contributed by atoms with Crippen molar-refractivity contribution in [3.63, 3.8) is 0 Å². The second-order valence-corrected chi connectivity index (χ2v) is 6.39. The lowest BCUT2D eigenvalue weighted by atomic mass is 9.82. The molecule has 1 aliphatic rings. The van der Waals surface area contributed by atoms with Gasteiger partial charge in [0.25, 0.3) is 0 Å². The maximum Gasteiger partial charge on any atom is 0.498 e. The summed E-state index contributed by atoms with van der Waals surface area (Å²) < 4.78 is 13.6. The summed E-state index contributed by atoms with van der Waals surface area (Å²) in [6, 6.07) is 0. The van der Waals surface area contributed by atoms with Gasteiger partial charge in [-0.05, 0) is 27.7 Å². The topological polar surface area (TPSA) is 62.1 Å². The first-order valence-electron chi connectivity index (χ1n) is 6.67. The van der Waals surface area contributed by atoms with Crippen molar-refractivity contribution in [2.24, 2.45) is 0 Å². The van der Waals surface area contributed by atoms with Gasteiger partial charge in [0.05, 0.1) is 23.6 Å². The molecule has 6 nitrogen and oxygen atoms in total. The molecular weight excluding hydrogens is 290 g/mol. The van der Waals surface area contributed by atoms with Gasteiger partial charge < -0.3 is 9.31 Å². The molecule has 1 fully saturated rings. The van der Waals surface area contributed by atoms with E-state index in [4.69, 9.17) is 20.9 Å². The highest BCUT2D eigenvalue weighted by Gasteiger charge is 2.52. The Balaban J connectivity index is 1.87. The number of hydrogen-bond donors (Lipinski definition) is 0. The predicted octanol–water partition coefficient (Wildman–Crippen LogP) is 1.61. The van der Waals surface area contributed by atoms with Gasteiger partial charge in [0.2, 0.25) is 0 Å². The van der Waals surface area contributed by atoms with E-state index in [1.165, 1.54) is 6.20 Å². The van der Waals surface area contributed by atoms with Crippen LogP contribution in [0.15, 0.2) is 24.8 Å². The fourth-order valence-corrected chi connectivity index (χ4v) is 2.15. The Morgan fingerprint density at radius 3 is 2.38 bits per heavy atom. The highest BCUT2D eigenvalue weighted by molar-refractivity contribution is 6.62. The number of rotatable bonds is 2. The molecule has 3 heterocycles. The lowest BCUT2D eigenvalue weighted by Crippen LogP contribution is -2.41. The standard InChI is InChI=1S/C13H16BClN4O2/c1-12(2)13(3,4)21-14(20-12)9-5-17-19(8-9)11-7-16-6-10(15)18-11/h5-8H,1-4H3. The molecule has 21 heavy (non-hydrogen) atoms. The van der Waals surface area contributed by atoms with E-state index in [-0.39, 0.29) is 11.2 Å². The van der Waals surface area contributed by atoms with Gasteiger partial charge >= 0.3 is 7.12 Å². The van der Waals surface area contributed by atoms with Crippen LogP contribution in [0.2, 0.25) is 5.15 Å². The van der Waals surface area contributed by atoms with Crippen molar-refractivity contribution in [1.82, 2.24) is 19.7 Å². The van der Waals surface area contributed by atoms with E-state index in [1.54, 1.807) is 17.1 Å². The van der Waals surface area contributed by atoms with E-state index < -0.39 is 7.12 Å². The second kappa shape index (κ2) is 4.79. The minimum absolute atomic E-state index is 0.320. The molecule has 2 aromatic rings. The van der Waals surface area contributed by atoms with Crippen LogP contribution >= 0.6 is 11.6 Å². The Bertz CT molecular complexity index is 658. The maximum atomic E-state index is 5.99. The van der Waals surface area contributed by atoms with Crippen LogP contribution in [0, 0.1) is 0 Å². The van der Waals surface area contributed by atoms with Gasteiger partial charge in [-0.3, -0.25) is 4.98 Å². The van der Waals surface area contributed by atoms with E-state index in [1.807, 2.05) is 33.9 Å². The van der Waals surface area contributed by atoms with Gasteiger partial charge in [-0.25, -0.2) is 9.67 Å². The number of nitrogens with zero attached hydrogens (tertiary/aromatic N) is 4. The first kappa shape index (κ1) is 14.5. The van der Waals surface area contributed by atoms with E-state index in [2.05, 4.69) is 15.1 Å². The average molecular weight is 307 g/mol. The van der Waals surface area contributed by atoms with Crippen molar-refractivity contribution < 1.29 is 9.31 Å². The van der Waals surface area contributed by atoms with Crippen molar-refractivity contribution in [1.29, 1.82) is 0 Å². The van der Waals surface area contributed by atoms with Gasteiger partial charge in [-0.1, -0.05) is 11.6 Å². The summed E-state index contributed by atoms with van der Waals surface area (Å²) in [7, 11) is -0.448. The van der Waals surface area contributed by atoms with E-state index in [9.17, 15) is 0 Å². The van der Waals surface area contributed by atoms with E-state index in [0.717, 1.165) is 5.46 Å². The highest BCUT2D eigenvalue weighted by Crippen LogP contribution is 2.36. The van der Waals surface area contributed by atoms with Crippen LogP contribution in [0.1, 0.15) is 27.7 Å². The Kier molecular flexibility index (Phi) is 3.31. The molecule has 0 amide bonds. The zero-order chi connectivity index (χ0) is 15.3. The molecule has 110 valence electrons. The molecule has 0 spiro atoms. The maximum absolute atomic E-state index is 5.99. The molecule has 1 saturated heterocycles. The number of halogens is 1. The lowest BCUT2D eigenvalue weighted by molar-refractivity contribution is 0.00578. The minimum atomic E-state index is -0.448. The van der Waals surface area contributed by atoms with Crippen LogP contribution in [0.4, 0.5) is 0 Å². The zero-order valence-corrected chi connectivity index (χ0v) is 13.1. The monoisotopic (exact) mass is 306 g/mol. The van der Waals surface area contributed by atoms with Gasteiger partial charge in [-0.15, -0.1) is 0 Å². The first-order chi connectivity index (χ1) is 9.78. The summed E-state index contributed by atoms with van der Waals surface area (Å²) in [5.74, 6) is 0.547. The van der Waals surface area contributed by atoms with Crippen LogP contribution in [-0.2, 0) is 9.31 Å². The molecule has 0 saturated carbocycles. The molecule has 0 atom stereocenters. The fourth-order valence-electron chi connectivity index (χ4n) is 2.01. The average Bonchev–Trinajstić information content (AvgIpc) is 2.93. The van der Waals surface area contributed by atoms with Crippen LogP contribution < -0.4 is 5.46 Å².